The minimum absolute atomic E-state index is 0.00817. The summed E-state index contributed by atoms with van der Waals surface area (Å²) in [5.41, 5.74) is 3.03. The molecule has 4 nitrogen and oxygen atoms in total. The van der Waals surface area contributed by atoms with Crippen LogP contribution in [0.1, 0.15) is 44.1 Å². The highest BCUT2D eigenvalue weighted by atomic mass is 35.5. The summed E-state index contributed by atoms with van der Waals surface area (Å²) in [6.45, 7) is 4.60. The minimum Gasteiger partial charge on any atom is -0.494 e. The van der Waals surface area contributed by atoms with Crippen LogP contribution in [0.5, 0.6) is 5.75 Å². The van der Waals surface area contributed by atoms with E-state index in [-0.39, 0.29) is 5.91 Å². The van der Waals surface area contributed by atoms with Gasteiger partial charge in [0.1, 0.15) is 5.75 Å². The van der Waals surface area contributed by atoms with Gasteiger partial charge in [-0.15, -0.1) is 0 Å². The number of carbonyl (C=O) groups excluding carboxylic acids is 1. The molecule has 2 aromatic carbocycles. The predicted molar refractivity (Wildman–Crippen MR) is 117 cm³/mol. The molecule has 0 bridgehead atoms. The lowest BCUT2D eigenvalue weighted by molar-refractivity contribution is -0.116. The fraction of sp³-hybridized carbons (Fsp3) is 0.435. The quantitative estimate of drug-likeness (QED) is 0.595. The van der Waals surface area contributed by atoms with E-state index in [9.17, 15) is 4.79 Å². The Morgan fingerprint density at radius 3 is 2.64 bits per heavy atom. The van der Waals surface area contributed by atoms with Crippen molar-refractivity contribution >= 4 is 28.9 Å². The molecule has 0 aliphatic carbocycles. The maximum atomic E-state index is 12.5. The van der Waals surface area contributed by atoms with Gasteiger partial charge in [-0.3, -0.25) is 4.79 Å². The number of hydrogen-bond acceptors (Lipinski definition) is 3. The van der Waals surface area contributed by atoms with Crippen LogP contribution in [-0.2, 0) is 4.79 Å². The van der Waals surface area contributed by atoms with Gasteiger partial charge in [0.05, 0.1) is 18.0 Å². The molecule has 1 aliphatic heterocycles. The number of carbonyl (C=O) groups is 1. The molecule has 0 radical (unpaired) electrons. The van der Waals surface area contributed by atoms with E-state index in [4.69, 9.17) is 16.3 Å². The predicted octanol–water partition coefficient (Wildman–Crippen LogP) is 5.83. The number of ether oxygens (including phenoxy) is 1. The van der Waals surface area contributed by atoms with E-state index in [1.165, 1.54) is 25.7 Å². The summed E-state index contributed by atoms with van der Waals surface area (Å²) in [4.78, 5) is 14.8. The second-order valence-electron chi connectivity index (χ2n) is 7.38. The van der Waals surface area contributed by atoms with E-state index in [2.05, 4.69) is 10.2 Å². The third kappa shape index (κ3) is 6.16. The van der Waals surface area contributed by atoms with Crippen LogP contribution in [0.25, 0.3) is 0 Å². The first-order valence-electron chi connectivity index (χ1n) is 10.2. The zero-order valence-electron chi connectivity index (χ0n) is 16.5. The third-order valence-corrected chi connectivity index (χ3v) is 5.22. The number of amides is 1. The van der Waals surface area contributed by atoms with Crippen molar-refractivity contribution in [3.63, 3.8) is 0 Å². The summed E-state index contributed by atoms with van der Waals surface area (Å²) in [6, 6.07) is 13.7. The summed E-state index contributed by atoms with van der Waals surface area (Å²) in [5.74, 6) is 0.838. The molecule has 3 rings (SSSR count). The summed E-state index contributed by atoms with van der Waals surface area (Å²) in [7, 11) is 0. The number of rotatable bonds is 7. The largest absolute Gasteiger partial charge is 0.494 e. The SMILES string of the molecule is Cc1cccc(OCCCC(=O)Nc2cc(Cl)ccc2N2CCCCCC2)c1. The Morgan fingerprint density at radius 1 is 1.11 bits per heavy atom. The van der Waals surface area contributed by atoms with E-state index >= 15 is 0 Å². The van der Waals surface area contributed by atoms with Crippen LogP contribution in [-0.4, -0.2) is 25.6 Å². The maximum absolute atomic E-state index is 12.5. The first kappa shape index (κ1) is 20.5. The standard InChI is InChI=1S/C23H29ClN2O2/c1-18-8-6-9-20(16-18)28-15-7-10-23(27)25-21-17-19(24)11-12-22(21)26-13-4-2-3-5-14-26/h6,8-9,11-12,16-17H,2-5,7,10,13-15H2,1H3,(H,25,27). The molecule has 28 heavy (non-hydrogen) atoms. The van der Waals surface area contributed by atoms with Crippen molar-refractivity contribution < 1.29 is 9.53 Å². The van der Waals surface area contributed by atoms with Crippen LogP contribution in [0.4, 0.5) is 11.4 Å². The molecule has 150 valence electrons. The Balaban J connectivity index is 1.53. The molecule has 0 atom stereocenters. The van der Waals surface area contributed by atoms with Crippen molar-refractivity contribution in [2.24, 2.45) is 0 Å². The fourth-order valence-electron chi connectivity index (χ4n) is 3.54. The van der Waals surface area contributed by atoms with E-state index < -0.39 is 0 Å². The third-order valence-electron chi connectivity index (χ3n) is 4.99. The van der Waals surface area contributed by atoms with Crippen molar-refractivity contribution in [3.8, 4) is 5.75 Å². The molecule has 1 fully saturated rings. The molecule has 2 aromatic rings. The zero-order valence-corrected chi connectivity index (χ0v) is 17.3. The van der Waals surface area contributed by atoms with Crippen LogP contribution < -0.4 is 15.0 Å². The summed E-state index contributed by atoms with van der Waals surface area (Å²) >= 11 is 6.19. The van der Waals surface area contributed by atoms with Gasteiger partial charge >= 0.3 is 0 Å². The van der Waals surface area contributed by atoms with Gasteiger partial charge in [-0.05, 0) is 62.1 Å². The number of nitrogens with one attached hydrogen (secondary N) is 1. The van der Waals surface area contributed by atoms with Crippen LogP contribution in [0, 0.1) is 6.92 Å². The molecular formula is C23H29ClN2O2. The van der Waals surface area contributed by atoms with E-state index in [0.29, 0.717) is 24.5 Å². The Bertz CT molecular complexity index is 786. The Hall–Kier alpha value is -2.20. The maximum Gasteiger partial charge on any atom is 0.224 e. The molecule has 5 heteroatoms. The normalized spacial score (nSPS) is 14.4. The number of anilines is 2. The molecule has 0 spiro atoms. The molecule has 1 N–H and O–H groups in total. The highest BCUT2D eigenvalue weighted by molar-refractivity contribution is 6.31. The van der Waals surface area contributed by atoms with Gasteiger partial charge in [-0.1, -0.05) is 36.6 Å². The van der Waals surface area contributed by atoms with Crippen LogP contribution >= 0.6 is 11.6 Å². The lowest BCUT2D eigenvalue weighted by Crippen LogP contribution is -2.25. The van der Waals surface area contributed by atoms with Crippen molar-refractivity contribution in [2.45, 2.75) is 45.4 Å². The average molecular weight is 401 g/mol. The van der Waals surface area contributed by atoms with Gasteiger partial charge in [0.2, 0.25) is 5.91 Å². The number of hydrogen-bond donors (Lipinski definition) is 1. The number of aryl methyl sites for hydroxylation is 1. The molecule has 0 aromatic heterocycles. The first-order valence-corrected chi connectivity index (χ1v) is 10.5. The number of nitrogens with zero attached hydrogens (tertiary/aromatic N) is 1. The van der Waals surface area contributed by atoms with Crippen LogP contribution in [0.2, 0.25) is 5.02 Å². The van der Waals surface area contributed by atoms with Crippen molar-refractivity contribution in [1.82, 2.24) is 0 Å². The molecule has 0 unspecified atom stereocenters. The van der Waals surface area contributed by atoms with Crippen LogP contribution in [0.15, 0.2) is 42.5 Å². The van der Waals surface area contributed by atoms with E-state index in [0.717, 1.165) is 35.8 Å². The summed E-state index contributed by atoms with van der Waals surface area (Å²) < 4.78 is 5.73. The van der Waals surface area contributed by atoms with Gasteiger partial charge in [0.25, 0.3) is 0 Å². The van der Waals surface area contributed by atoms with Gasteiger partial charge < -0.3 is 15.0 Å². The highest BCUT2D eigenvalue weighted by Crippen LogP contribution is 2.31. The second kappa shape index (κ2) is 10.4. The second-order valence-corrected chi connectivity index (χ2v) is 7.82. The first-order chi connectivity index (χ1) is 13.6. The lowest BCUT2D eigenvalue weighted by atomic mass is 10.2. The lowest BCUT2D eigenvalue weighted by Gasteiger charge is -2.25. The van der Waals surface area contributed by atoms with Crippen molar-refractivity contribution in [1.29, 1.82) is 0 Å². The van der Waals surface area contributed by atoms with Gasteiger partial charge in [-0.2, -0.15) is 0 Å². The molecule has 1 saturated heterocycles. The summed E-state index contributed by atoms with van der Waals surface area (Å²) in [5, 5.41) is 3.69. The number of benzene rings is 2. The van der Waals surface area contributed by atoms with Crippen LogP contribution in [0.3, 0.4) is 0 Å². The molecular weight excluding hydrogens is 372 g/mol. The van der Waals surface area contributed by atoms with E-state index in [1.807, 2.05) is 49.4 Å². The Morgan fingerprint density at radius 2 is 1.89 bits per heavy atom. The molecule has 1 amide bonds. The van der Waals surface area contributed by atoms with Gasteiger partial charge in [-0.25, -0.2) is 0 Å². The van der Waals surface area contributed by atoms with E-state index in [1.54, 1.807) is 0 Å². The molecule has 1 aliphatic rings. The zero-order chi connectivity index (χ0) is 19.8. The van der Waals surface area contributed by atoms with Crippen molar-refractivity contribution in [2.75, 3.05) is 29.9 Å². The Labute approximate surface area is 172 Å². The fourth-order valence-corrected chi connectivity index (χ4v) is 3.71. The Kier molecular flexibility index (Phi) is 7.61. The monoisotopic (exact) mass is 400 g/mol. The highest BCUT2D eigenvalue weighted by Gasteiger charge is 2.15. The molecule has 1 heterocycles. The van der Waals surface area contributed by atoms with Gasteiger partial charge in [0, 0.05) is 24.5 Å². The van der Waals surface area contributed by atoms with Gasteiger partial charge in [0.15, 0.2) is 0 Å². The minimum atomic E-state index is -0.00817. The summed E-state index contributed by atoms with van der Waals surface area (Å²) in [6.07, 6.45) is 6.00. The average Bonchev–Trinajstić information content (AvgIpc) is 2.95. The smallest absolute Gasteiger partial charge is 0.224 e. The van der Waals surface area contributed by atoms with Crippen molar-refractivity contribution in [3.05, 3.63) is 53.1 Å². The topological polar surface area (TPSA) is 41.6 Å². The molecule has 0 saturated carbocycles. The number of halogens is 1.